The molecule has 1 aliphatic rings. The Hall–Kier alpha value is -0.870. The molecule has 1 aliphatic heterocycles. The van der Waals surface area contributed by atoms with Gasteiger partial charge in [-0.05, 0) is 31.3 Å². The molecular weight excluding hydrogens is 196 g/mol. The zero-order valence-electron chi connectivity index (χ0n) is 8.12. The normalized spacial score (nSPS) is 26.4. The van der Waals surface area contributed by atoms with Crippen molar-refractivity contribution in [2.24, 2.45) is 5.92 Å². The van der Waals surface area contributed by atoms with Crippen LogP contribution in [0.1, 0.15) is 13.3 Å². The molecule has 0 spiro atoms. The van der Waals surface area contributed by atoms with Gasteiger partial charge in [0.05, 0.1) is 11.6 Å². The molecule has 0 aliphatic carbocycles. The Morgan fingerprint density at radius 3 is 3.14 bits per heavy atom. The first kappa shape index (κ1) is 9.68. The Labute approximate surface area is 87.5 Å². The second-order valence-electron chi connectivity index (χ2n) is 3.64. The first-order valence-electron chi connectivity index (χ1n) is 4.84. The van der Waals surface area contributed by atoms with Crippen LogP contribution in [0.25, 0.3) is 0 Å². The highest BCUT2D eigenvalue weighted by Crippen LogP contribution is 2.19. The van der Waals surface area contributed by atoms with E-state index < -0.39 is 0 Å². The molecule has 0 aromatic carbocycles. The number of carbonyl (C=O) groups excluding carboxylic acids is 1. The third kappa shape index (κ3) is 1.96. The maximum Gasteiger partial charge on any atom is 0.229 e. The van der Waals surface area contributed by atoms with Crippen LogP contribution in [-0.2, 0) is 4.79 Å². The highest BCUT2D eigenvalue weighted by molar-refractivity contribution is 7.08. The lowest BCUT2D eigenvalue weighted by Gasteiger charge is -2.13. The van der Waals surface area contributed by atoms with Crippen molar-refractivity contribution in [1.29, 1.82) is 0 Å². The van der Waals surface area contributed by atoms with Crippen LogP contribution in [0.15, 0.2) is 16.8 Å². The number of amides is 1. The molecule has 1 aromatic heterocycles. The Morgan fingerprint density at radius 2 is 2.57 bits per heavy atom. The van der Waals surface area contributed by atoms with E-state index in [4.69, 9.17) is 0 Å². The molecule has 0 bridgehead atoms. The van der Waals surface area contributed by atoms with Crippen molar-refractivity contribution in [3.05, 3.63) is 16.8 Å². The van der Waals surface area contributed by atoms with Gasteiger partial charge in [-0.25, -0.2) is 0 Å². The molecule has 4 heteroatoms. The molecule has 3 nitrogen and oxygen atoms in total. The van der Waals surface area contributed by atoms with Crippen LogP contribution < -0.4 is 10.6 Å². The Morgan fingerprint density at radius 1 is 1.71 bits per heavy atom. The minimum absolute atomic E-state index is 0.120. The minimum atomic E-state index is 0.120. The van der Waals surface area contributed by atoms with Gasteiger partial charge >= 0.3 is 0 Å². The summed E-state index contributed by atoms with van der Waals surface area (Å²) in [6, 6.07) is 2.23. The highest BCUT2D eigenvalue weighted by atomic mass is 32.1. The number of carbonyl (C=O) groups is 1. The van der Waals surface area contributed by atoms with Crippen molar-refractivity contribution < 1.29 is 4.79 Å². The lowest BCUT2D eigenvalue weighted by atomic mass is 10.0. The predicted octanol–water partition coefficient (Wildman–Crippen LogP) is 1.68. The molecule has 1 amide bonds. The summed E-state index contributed by atoms with van der Waals surface area (Å²) in [6.07, 6.45) is 0.942. The zero-order chi connectivity index (χ0) is 9.97. The van der Waals surface area contributed by atoms with Gasteiger partial charge in [0.1, 0.15) is 0 Å². The SMILES string of the molecule is CC1NCCC1C(=O)Nc1ccsc1. The highest BCUT2D eigenvalue weighted by Gasteiger charge is 2.29. The molecule has 14 heavy (non-hydrogen) atoms. The number of thiophene rings is 1. The maximum atomic E-state index is 11.8. The van der Waals surface area contributed by atoms with Crippen LogP contribution in [0.3, 0.4) is 0 Å². The zero-order valence-corrected chi connectivity index (χ0v) is 8.93. The van der Waals surface area contributed by atoms with Gasteiger partial charge in [0.2, 0.25) is 5.91 Å². The molecule has 2 unspecified atom stereocenters. The average molecular weight is 210 g/mol. The van der Waals surface area contributed by atoms with E-state index in [-0.39, 0.29) is 11.8 Å². The van der Waals surface area contributed by atoms with Crippen molar-refractivity contribution in [3.63, 3.8) is 0 Å². The van der Waals surface area contributed by atoms with Crippen LogP contribution in [0.4, 0.5) is 5.69 Å². The number of anilines is 1. The predicted molar refractivity (Wildman–Crippen MR) is 58.5 cm³/mol. The van der Waals surface area contributed by atoms with Gasteiger partial charge in [-0.2, -0.15) is 11.3 Å². The molecule has 1 aromatic rings. The fourth-order valence-corrected chi connectivity index (χ4v) is 2.38. The second-order valence-corrected chi connectivity index (χ2v) is 4.42. The average Bonchev–Trinajstić information content (AvgIpc) is 2.75. The van der Waals surface area contributed by atoms with Gasteiger partial charge in [0, 0.05) is 11.4 Å². The van der Waals surface area contributed by atoms with Crippen LogP contribution in [0, 0.1) is 5.92 Å². The first-order chi connectivity index (χ1) is 6.77. The molecule has 2 atom stereocenters. The van der Waals surface area contributed by atoms with Crippen LogP contribution in [-0.4, -0.2) is 18.5 Å². The molecule has 0 radical (unpaired) electrons. The first-order valence-corrected chi connectivity index (χ1v) is 5.78. The van der Waals surface area contributed by atoms with Crippen molar-refractivity contribution in [1.82, 2.24) is 5.32 Å². The van der Waals surface area contributed by atoms with E-state index in [9.17, 15) is 4.79 Å². The molecular formula is C10H14N2OS. The number of hydrogen-bond donors (Lipinski definition) is 2. The number of nitrogens with one attached hydrogen (secondary N) is 2. The Bertz CT molecular complexity index is 310. The fraction of sp³-hybridized carbons (Fsp3) is 0.500. The molecule has 2 heterocycles. The van der Waals surface area contributed by atoms with Gasteiger partial charge < -0.3 is 10.6 Å². The summed E-state index contributed by atoms with van der Waals surface area (Å²) in [6.45, 7) is 3.01. The van der Waals surface area contributed by atoms with Gasteiger partial charge in [0.25, 0.3) is 0 Å². The lowest BCUT2D eigenvalue weighted by Crippen LogP contribution is -2.31. The third-order valence-corrected chi connectivity index (χ3v) is 3.33. The van der Waals surface area contributed by atoms with Gasteiger partial charge in [-0.1, -0.05) is 0 Å². The van der Waals surface area contributed by atoms with Crippen molar-refractivity contribution in [2.75, 3.05) is 11.9 Å². The van der Waals surface area contributed by atoms with E-state index in [0.717, 1.165) is 18.7 Å². The summed E-state index contributed by atoms with van der Waals surface area (Å²) in [5.41, 5.74) is 0.916. The van der Waals surface area contributed by atoms with Gasteiger partial charge in [-0.15, -0.1) is 0 Å². The maximum absolute atomic E-state index is 11.8. The third-order valence-electron chi connectivity index (χ3n) is 2.65. The monoisotopic (exact) mass is 210 g/mol. The van der Waals surface area contributed by atoms with Gasteiger partial charge in [-0.3, -0.25) is 4.79 Å². The molecule has 2 N–H and O–H groups in total. The number of rotatable bonds is 2. The molecule has 1 saturated heterocycles. The summed E-state index contributed by atoms with van der Waals surface area (Å²) in [4.78, 5) is 11.8. The van der Waals surface area contributed by atoms with E-state index >= 15 is 0 Å². The van der Waals surface area contributed by atoms with E-state index in [0.29, 0.717) is 6.04 Å². The van der Waals surface area contributed by atoms with E-state index in [1.54, 1.807) is 11.3 Å². The van der Waals surface area contributed by atoms with Crippen molar-refractivity contribution in [3.8, 4) is 0 Å². The molecule has 76 valence electrons. The molecule has 0 saturated carbocycles. The standard InChI is InChI=1S/C10H14N2OS/c1-7-9(2-4-11-7)10(13)12-8-3-5-14-6-8/h3,5-7,9,11H,2,4H2,1H3,(H,12,13). The lowest BCUT2D eigenvalue weighted by molar-refractivity contribution is -0.119. The summed E-state index contributed by atoms with van der Waals surface area (Å²) in [5.74, 6) is 0.260. The summed E-state index contributed by atoms with van der Waals surface area (Å²) < 4.78 is 0. The molecule has 1 fully saturated rings. The smallest absolute Gasteiger partial charge is 0.229 e. The van der Waals surface area contributed by atoms with Crippen molar-refractivity contribution >= 4 is 22.9 Å². The Kier molecular flexibility index (Phi) is 2.84. The summed E-state index contributed by atoms with van der Waals surface area (Å²) in [7, 11) is 0. The summed E-state index contributed by atoms with van der Waals surface area (Å²) >= 11 is 1.59. The van der Waals surface area contributed by atoms with Crippen molar-refractivity contribution in [2.45, 2.75) is 19.4 Å². The van der Waals surface area contributed by atoms with Crippen LogP contribution in [0.5, 0.6) is 0 Å². The molecule has 2 rings (SSSR count). The van der Waals surface area contributed by atoms with Crippen LogP contribution >= 0.6 is 11.3 Å². The quantitative estimate of drug-likeness (QED) is 0.780. The minimum Gasteiger partial charge on any atom is -0.325 e. The van der Waals surface area contributed by atoms with Gasteiger partial charge in [0.15, 0.2) is 0 Å². The second kappa shape index (κ2) is 4.11. The Balaban J connectivity index is 1.95. The number of hydrogen-bond acceptors (Lipinski definition) is 3. The summed E-state index contributed by atoms with van der Waals surface area (Å²) in [5, 5.41) is 10.1. The fourth-order valence-electron chi connectivity index (χ4n) is 1.79. The van der Waals surface area contributed by atoms with E-state index in [1.807, 2.05) is 16.8 Å². The topological polar surface area (TPSA) is 41.1 Å². The van der Waals surface area contributed by atoms with E-state index in [2.05, 4.69) is 17.6 Å². The van der Waals surface area contributed by atoms with E-state index in [1.165, 1.54) is 0 Å². The van der Waals surface area contributed by atoms with Crippen LogP contribution in [0.2, 0.25) is 0 Å². The largest absolute Gasteiger partial charge is 0.325 e.